The van der Waals surface area contributed by atoms with Gasteiger partial charge >= 0.3 is 0 Å². The van der Waals surface area contributed by atoms with Gasteiger partial charge in [-0.15, -0.1) is 0 Å². The van der Waals surface area contributed by atoms with Crippen LogP contribution in [0.25, 0.3) is 11.0 Å². The highest BCUT2D eigenvalue weighted by molar-refractivity contribution is 5.82. The van der Waals surface area contributed by atoms with Crippen LogP contribution in [-0.2, 0) is 6.54 Å². The van der Waals surface area contributed by atoms with Gasteiger partial charge in [0.25, 0.3) is 0 Å². The Morgan fingerprint density at radius 2 is 2.12 bits per heavy atom. The van der Waals surface area contributed by atoms with Gasteiger partial charge in [0.1, 0.15) is 11.3 Å². The van der Waals surface area contributed by atoms with Crippen LogP contribution in [-0.4, -0.2) is 6.04 Å². The third kappa shape index (κ3) is 2.09. The summed E-state index contributed by atoms with van der Waals surface area (Å²) in [6.45, 7) is 5.26. The second-order valence-corrected chi connectivity index (χ2v) is 5.14. The predicted octanol–water partition coefficient (Wildman–Crippen LogP) is 3.63. The second-order valence-electron chi connectivity index (χ2n) is 5.14. The number of rotatable bonds is 4. The van der Waals surface area contributed by atoms with Crippen molar-refractivity contribution >= 4 is 11.0 Å². The number of nitrogens with one attached hydrogen (secondary N) is 1. The lowest BCUT2D eigenvalue weighted by Gasteiger charge is -2.12. The van der Waals surface area contributed by atoms with Crippen LogP contribution in [0.2, 0.25) is 0 Å². The number of benzene rings is 1. The van der Waals surface area contributed by atoms with E-state index in [0.29, 0.717) is 6.04 Å². The van der Waals surface area contributed by atoms with E-state index in [0.717, 1.165) is 23.8 Å². The van der Waals surface area contributed by atoms with Crippen molar-refractivity contribution in [2.24, 2.45) is 5.92 Å². The summed E-state index contributed by atoms with van der Waals surface area (Å²) in [6.07, 6.45) is 2.78. The third-order valence-corrected chi connectivity index (χ3v) is 3.83. The van der Waals surface area contributed by atoms with Gasteiger partial charge in [0.05, 0.1) is 0 Å². The fourth-order valence-corrected chi connectivity index (χ4v) is 2.47. The Morgan fingerprint density at radius 1 is 1.35 bits per heavy atom. The molecule has 2 nitrogen and oxygen atoms in total. The van der Waals surface area contributed by atoms with E-state index >= 15 is 0 Å². The lowest BCUT2D eigenvalue weighted by Crippen LogP contribution is -2.27. The number of hydrogen-bond donors (Lipinski definition) is 1. The molecule has 1 aromatic heterocycles. The van der Waals surface area contributed by atoms with Gasteiger partial charge in [0.2, 0.25) is 0 Å². The molecule has 3 rings (SSSR count). The van der Waals surface area contributed by atoms with Gasteiger partial charge in [0, 0.05) is 23.5 Å². The molecule has 0 radical (unpaired) electrons. The van der Waals surface area contributed by atoms with Crippen LogP contribution in [0.1, 0.15) is 31.1 Å². The molecule has 1 aromatic carbocycles. The third-order valence-electron chi connectivity index (χ3n) is 3.83. The molecule has 1 aliphatic rings. The largest absolute Gasteiger partial charge is 0.461 e. The molecule has 1 fully saturated rings. The standard InChI is InChI=1S/C15H19NO/c1-10(12-7-8-12)16-9-14-11(2)17-15-6-4-3-5-13(14)15/h3-6,10,12,16H,7-9H2,1-2H3. The van der Waals surface area contributed by atoms with Crippen LogP contribution in [0.4, 0.5) is 0 Å². The summed E-state index contributed by atoms with van der Waals surface area (Å²) in [7, 11) is 0. The number of aryl methyl sites for hydroxylation is 1. The van der Waals surface area contributed by atoms with Crippen LogP contribution in [0.5, 0.6) is 0 Å². The van der Waals surface area contributed by atoms with Crippen molar-refractivity contribution in [2.75, 3.05) is 0 Å². The maximum Gasteiger partial charge on any atom is 0.134 e. The van der Waals surface area contributed by atoms with Crippen LogP contribution < -0.4 is 5.32 Å². The van der Waals surface area contributed by atoms with Crippen molar-refractivity contribution < 1.29 is 4.42 Å². The first-order chi connectivity index (χ1) is 8.25. The van der Waals surface area contributed by atoms with Crippen molar-refractivity contribution in [3.63, 3.8) is 0 Å². The minimum atomic E-state index is 0.628. The fraction of sp³-hybridized carbons (Fsp3) is 0.467. The monoisotopic (exact) mass is 229 g/mol. The zero-order valence-electron chi connectivity index (χ0n) is 10.5. The minimum absolute atomic E-state index is 0.628. The number of para-hydroxylation sites is 1. The molecule has 17 heavy (non-hydrogen) atoms. The van der Waals surface area contributed by atoms with Gasteiger partial charge in [-0.05, 0) is 38.7 Å². The van der Waals surface area contributed by atoms with Crippen molar-refractivity contribution in [1.82, 2.24) is 5.32 Å². The van der Waals surface area contributed by atoms with Crippen molar-refractivity contribution in [2.45, 2.75) is 39.3 Å². The van der Waals surface area contributed by atoms with E-state index in [1.807, 2.05) is 12.1 Å². The summed E-state index contributed by atoms with van der Waals surface area (Å²) in [5, 5.41) is 4.87. The normalized spacial score (nSPS) is 17.5. The molecule has 0 aliphatic heterocycles. The molecule has 1 heterocycles. The summed E-state index contributed by atoms with van der Waals surface area (Å²) >= 11 is 0. The highest BCUT2D eigenvalue weighted by atomic mass is 16.3. The van der Waals surface area contributed by atoms with Gasteiger partial charge in [-0.1, -0.05) is 18.2 Å². The number of hydrogen-bond acceptors (Lipinski definition) is 2. The molecule has 1 saturated carbocycles. The first kappa shape index (κ1) is 10.8. The van der Waals surface area contributed by atoms with Crippen LogP contribution in [0.3, 0.4) is 0 Å². The van der Waals surface area contributed by atoms with Gasteiger partial charge in [0.15, 0.2) is 0 Å². The van der Waals surface area contributed by atoms with E-state index in [1.165, 1.54) is 23.8 Å². The molecule has 2 heteroatoms. The molecule has 0 spiro atoms. The SMILES string of the molecule is Cc1oc2ccccc2c1CNC(C)C1CC1. The van der Waals surface area contributed by atoms with Crippen molar-refractivity contribution in [3.8, 4) is 0 Å². The van der Waals surface area contributed by atoms with E-state index in [-0.39, 0.29) is 0 Å². The van der Waals surface area contributed by atoms with Gasteiger partial charge in [-0.3, -0.25) is 0 Å². The quantitative estimate of drug-likeness (QED) is 0.866. The van der Waals surface area contributed by atoms with Crippen molar-refractivity contribution in [3.05, 3.63) is 35.6 Å². The molecule has 90 valence electrons. The Labute approximate surface area is 102 Å². The lowest BCUT2D eigenvalue weighted by atomic mass is 10.1. The van der Waals surface area contributed by atoms with Gasteiger partial charge in [-0.2, -0.15) is 0 Å². The molecule has 0 amide bonds. The molecule has 1 atom stereocenters. The second kappa shape index (κ2) is 4.19. The van der Waals surface area contributed by atoms with E-state index in [4.69, 9.17) is 4.42 Å². The molecule has 0 bridgehead atoms. The summed E-state index contributed by atoms with van der Waals surface area (Å²) in [5.74, 6) is 1.94. The topological polar surface area (TPSA) is 25.2 Å². The van der Waals surface area contributed by atoms with Crippen molar-refractivity contribution in [1.29, 1.82) is 0 Å². The van der Waals surface area contributed by atoms with E-state index in [2.05, 4.69) is 31.3 Å². The predicted molar refractivity (Wildman–Crippen MR) is 70.0 cm³/mol. The summed E-state index contributed by atoms with van der Waals surface area (Å²) in [6, 6.07) is 8.91. The van der Waals surface area contributed by atoms with Crippen LogP contribution >= 0.6 is 0 Å². The molecule has 0 saturated heterocycles. The summed E-state index contributed by atoms with van der Waals surface area (Å²) < 4.78 is 5.77. The summed E-state index contributed by atoms with van der Waals surface area (Å²) in [4.78, 5) is 0. The Morgan fingerprint density at radius 3 is 2.88 bits per heavy atom. The lowest BCUT2D eigenvalue weighted by molar-refractivity contribution is 0.490. The molecule has 1 unspecified atom stereocenters. The molecule has 1 N–H and O–H groups in total. The molecule has 2 aromatic rings. The average molecular weight is 229 g/mol. The highest BCUT2D eigenvalue weighted by Crippen LogP contribution is 2.33. The average Bonchev–Trinajstić information content (AvgIpc) is 3.11. The van der Waals surface area contributed by atoms with Crippen LogP contribution in [0.15, 0.2) is 28.7 Å². The Balaban J connectivity index is 1.81. The zero-order valence-corrected chi connectivity index (χ0v) is 10.5. The first-order valence-electron chi connectivity index (χ1n) is 6.46. The Kier molecular flexibility index (Phi) is 2.67. The highest BCUT2D eigenvalue weighted by Gasteiger charge is 2.27. The molecular formula is C15H19NO. The van der Waals surface area contributed by atoms with Gasteiger partial charge < -0.3 is 9.73 Å². The van der Waals surface area contributed by atoms with E-state index in [1.54, 1.807) is 0 Å². The molecule has 1 aliphatic carbocycles. The number of furan rings is 1. The maximum absolute atomic E-state index is 5.77. The first-order valence-corrected chi connectivity index (χ1v) is 6.46. The fourth-order valence-electron chi connectivity index (χ4n) is 2.47. The van der Waals surface area contributed by atoms with Gasteiger partial charge in [-0.25, -0.2) is 0 Å². The van der Waals surface area contributed by atoms with E-state index < -0.39 is 0 Å². The Bertz CT molecular complexity index is 525. The minimum Gasteiger partial charge on any atom is -0.461 e. The van der Waals surface area contributed by atoms with Crippen LogP contribution in [0, 0.1) is 12.8 Å². The zero-order chi connectivity index (χ0) is 11.8. The van der Waals surface area contributed by atoms with E-state index in [9.17, 15) is 0 Å². The molecular weight excluding hydrogens is 210 g/mol. The number of fused-ring (bicyclic) bond motifs is 1. The smallest absolute Gasteiger partial charge is 0.134 e. The Hall–Kier alpha value is -1.28. The maximum atomic E-state index is 5.77. The summed E-state index contributed by atoms with van der Waals surface area (Å²) in [5.41, 5.74) is 2.31.